The lowest BCUT2D eigenvalue weighted by Gasteiger charge is -2.26. The SMILES string of the molecule is O=C(/C(=C/N1CCOCC1)c1nnnn1-c1ccc(Br)cc1)C(F)(F)F. The van der Waals surface area contributed by atoms with Crippen molar-refractivity contribution in [2.45, 2.75) is 6.18 Å². The molecule has 1 aliphatic heterocycles. The second kappa shape index (κ2) is 7.54. The van der Waals surface area contributed by atoms with Crippen LogP contribution in [0.4, 0.5) is 13.2 Å². The van der Waals surface area contributed by atoms with Crippen molar-refractivity contribution in [2.24, 2.45) is 0 Å². The minimum Gasteiger partial charge on any atom is -0.378 e. The maximum atomic E-state index is 13.1. The number of hydrogen-bond acceptors (Lipinski definition) is 6. The van der Waals surface area contributed by atoms with Crippen LogP contribution in [-0.2, 0) is 9.53 Å². The summed E-state index contributed by atoms with van der Waals surface area (Å²) < 4.78 is 46.4. The molecule has 1 saturated heterocycles. The number of ketones is 1. The Bertz CT molecular complexity index is 813. The van der Waals surface area contributed by atoms with Crippen molar-refractivity contribution in [3.8, 4) is 5.69 Å². The molecule has 0 atom stereocenters. The molecule has 1 aliphatic rings. The molecule has 0 N–H and O–H groups in total. The summed E-state index contributed by atoms with van der Waals surface area (Å²) >= 11 is 3.28. The van der Waals surface area contributed by atoms with E-state index in [-0.39, 0.29) is 5.82 Å². The summed E-state index contributed by atoms with van der Waals surface area (Å²) in [7, 11) is 0. The van der Waals surface area contributed by atoms with Crippen LogP contribution < -0.4 is 0 Å². The van der Waals surface area contributed by atoms with Gasteiger partial charge in [-0.3, -0.25) is 4.79 Å². The number of Topliss-reactive ketones (excluding diaryl/α,β-unsaturated/α-hetero) is 1. The van der Waals surface area contributed by atoms with Crippen LogP contribution in [0.1, 0.15) is 5.82 Å². The van der Waals surface area contributed by atoms with Gasteiger partial charge in [0.25, 0.3) is 5.78 Å². The van der Waals surface area contributed by atoms with Gasteiger partial charge in [0, 0.05) is 23.8 Å². The normalized spacial score (nSPS) is 16.0. The van der Waals surface area contributed by atoms with E-state index >= 15 is 0 Å². The first-order valence-corrected chi connectivity index (χ1v) is 8.35. The third-order valence-electron chi connectivity index (χ3n) is 3.64. The Morgan fingerprint density at radius 2 is 1.85 bits per heavy atom. The lowest BCUT2D eigenvalue weighted by atomic mass is 10.1. The predicted molar refractivity (Wildman–Crippen MR) is 88.3 cm³/mol. The van der Waals surface area contributed by atoms with Gasteiger partial charge in [0.2, 0.25) is 0 Å². The number of rotatable bonds is 4. The van der Waals surface area contributed by atoms with Crippen molar-refractivity contribution in [1.82, 2.24) is 25.1 Å². The molecule has 138 valence electrons. The number of halogens is 4. The van der Waals surface area contributed by atoms with E-state index in [0.29, 0.717) is 32.0 Å². The van der Waals surface area contributed by atoms with E-state index in [0.717, 1.165) is 15.4 Å². The number of hydrogen-bond donors (Lipinski definition) is 0. The molecule has 1 aromatic carbocycles. The maximum Gasteiger partial charge on any atom is 0.455 e. The van der Waals surface area contributed by atoms with Gasteiger partial charge in [-0.05, 0) is 34.7 Å². The molecule has 1 fully saturated rings. The fraction of sp³-hybridized carbons (Fsp3) is 0.333. The number of benzene rings is 1. The van der Waals surface area contributed by atoms with E-state index in [4.69, 9.17) is 4.74 Å². The first kappa shape index (κ1) is 18.5. The van der Waals surface area contributed by atoms with E-state index < -0.39 is 17.5 Å². The largest absolute Gasteiger partial charge is 0.455 e. The third-order valence-corrected chi connectivity index (χ3v) is 4.17. The molecule has 0 spiro atoms. The van der Waals surface area contributed by atoms with Crippen molar-refractivity contribution < 1.29 is 22.7 Å². The van der Waals surface area contributed by atoms with Gasteiger partial charge in [-0.15, -0.1) is 5.10 Å². The highest BCUT2D eigenvalue weighted by molar-refractivity contribution is 9.10. The molecule has 2 aromatic rings. The third kappa shape index (κ3) is 4.10. The molecular weight excluding hydrogens is 419 g/mol. The Labute approximate surface area is 154 Å². The number of carbonyl (C=O) groups excluding carboxylic acids is 1. The Kier molecular flexibility index (Phi) is 5.37. The summed E-state index contributed by atoms with van der Waals surface area (Å²) in [4.78, 5) is 13.6. The van der Waals surface area contributed by atoms with Gasteiger partial charge in [-0.25, -0.2) is 0 Å². The van der Waals surface area contributed by atoms with E-state index in [1.54, 1.807) is 29.2 Å². The number of nitrogens with zero attached hydrogens (tertiary/aromatic N) is 5. The molecule has 3 rings (SSSR count). The van der Waals surface area contributed by atoms with Gasteiger partial charge in [-0.1, -0.05) is 15.9 Å². The number of alkyl halides is 3. The summed E-state index contributed by atoms with van der Waals surface area (Å²) in [5, 5.41) is 10.8. The lowest BCUT2D eigenvalue weighted by molar-refractivity contribution is -0.164. The zero-order valence-electron chi connectivity index (χ0n) is 13.3. The average Bonchev–Trinajstić information content (AvgIpc) is 3.09. The minimum atomic E-state index is -5.05. The van der Waals surface area contributed by atoms with Gasteiger partial charge >= 0.3 is 6.18 Å². The monoisotopic (exact) mass is 431 g/mol. The second-order valence-electron chi connectivity index (χ2n) is 5.41. The van der Waals surface area contributed by atoms with Crippen LogP contribution in [0, 0.1) is 0 Å². The van der Waals surface area contributed by atoms with Gasteiger partial charge < -0.3 is 9.64 Å². The average molecular weight is 432 g/mol. The van der Waals surface area contributed by atoms with E-state index in [2.05, 4.69) is 31.5 Å². The fourth-order valence-corrected chi connectivity index (χ4v) is 2.64. The molecule has 0 saturated carbocycles. The number of carbonyl (C=O) groups is 1. The molecule has 11 heteroatoms. The number of ether oxygens (including phenoxy) is 1. The van der Waals surface area contributed by atoms with Crippen LogP contribution in [0.25, 0.3) is 11.3 Å². The molecule has 26 heavy (non-hydrogen) atoms. The van der Waals surface area contributed by atoms with Crippen LogP contribution in [0.5, 0.6) is 0 Å². The number of tetrazole rings is 1. The van der Waals surface area contributed by atoms with Crippen molar-refractivity contribution in [1.29, 1.82) is 0 Å². The molecule has 7 nitrogen and oxygen atoms in total. The summed E-state index contributed by atoms with van der Waals surface area (Å²) in [6.45, 7) is 1.46. The van der Waals surface area contributed by atoms with E-state index in [9.17, 15) is 18.0 Å². The highest BCUT2D eigenvalue weighted by atomic mass is 79.9. The topological polar surface area (TPSA) is 73.1 Å². The molecular formula is C15H13BrF3N5O2. The predicted octanol–water partition coefficient (Wildman–Crippen LogP) is 2.23. The standard InChI is InChI=1S/C15H13BrF3N5O2/c16-10-1-3-11(4-2-10)24-14(20-21-22-24)12(13(25)15(17,18)19)9-23-5-7-26-8-6-23/h1-4,9H,5-8H2/b12-9-. The molecule has 1 aromatic heterocycles. The Morgan fingerprint density at radius 3 is 2.46 bits per heavy atom. The van der Waals surface area contributed by atoms with Crippen molar-refractivity contribution in [3.63, 3.8) is 0 Å². The molecule has 0 radical (unpaired) electrons. The van der Waals surface area contributed by atoms with Crippen molar-refractivity contribution in [2.75, 3.05) is 26.3 Å². The number of morpholine rings is 1. The van der Waals surface area contributed by atoms with Crippen LogP contribution in [-0.4, -0.2) is 63.4 Å². The van der Waals surface area contributed by atoms with Crippen molar-refractivity contribution in [3.05, 3.63) is 40.8 Å². The van der Waals surface area contributed by atoms with Gasteiger partial charge in [0.15, 0.2) is 5.82 Å². The quantitative estimate of drug-likeness (QED) is 0.691. The van der Waals surface area contributed by atoms with Gasteiger partial charge in [0.1, 0.15) is 0 Å². The molecule has 2 heterocycles. The summed E-state index contributed by atoms with van der Waals surface area (Å²) in [5.41, 5.74) is -0.191. The fourth-order valence-electron chi connectivity index (χ4n) is 2.37. The van der Waals surface area contributed by atoms with Crippen molar-refractivity contribution >= 4 is 27.3 Å². The minimum absolute atomic E-state index is 0.277. The van der Waals surface area contributed by atoms with Gasteiger partial charge in [-0.2, -0.15) is 17.9 Å². The molecule has 0 bridgehead atoms. The Morgan fingerprint density at radius 1 is 1.19 bits per heavy atom. The first-order chi connectivity index (χ1) is 12.4. The van der Waals surface area contributed by atoms with E-state index in [1.165, 1.54) is 0 Å². The van der Waals surface area contributed by atoms with Crippen LogP contribution in [0.2, 0.25) is 0 Å². The first-order valence-electron chi connectivity index (χ1n) is 7.56. The summed E-state index contributed by atoms with van der Waals surface area (Å²) in [6, 6.07) is 6.62. The molecule has 0 unspecified atom stereocenters. The zero-order chi connectivity index (χ0) is 18.7. The number of allylic oxidation sites excluding steroid dienone is 1. The smallest absolute Gasteiger partial charge is 0.378 e. The van der Waals surface area contributed by atoms with Gasteiger partial charge in [0.05, 0.1) is 24.5 Å². The van der Waals surface area contributed by atoms with Crippen LogP contribution in [0.3, 0.4) is 0 Å². The highest BCUT2D eigenvalue weighted by Gasteiger charge is 2.43. The van der Waals surface area contributed by atoms with E-state index in [1.807, 2.05) is 0 Å². The Hall–Kier alpha value is -2.27. The molecule has 0 amide bonds. The summed E-state index contributed by atoms with van der Waals surface area (Å²) in [6.07, 6.45) is -3.89. The summed E-state index contributed by atoms with van der Waals surface area (Å²) in [5.74, 6) is -2.28. The van der Waals surface area contributed by atoms with Crippen LogP contribution in [0.15, 0.2) is 34.9 Å². The number of aromatic nitrogens is 4. The Balaban J connectivity index is 2.05. The zero-order valence-corrected chi connectivity index (χ0v) is 14.9. The maximum absolute atomic E-state index is 13.1. The van der Waals surface area contributed by atoms with Crippen LogP contribution >= 0.6 is 15.9 Å². The highest BCUT2D eigenvalue weighted by Crippen LogP contribution is 2.27. The molecule has 0 aliphatic carbocycles. The lowest BCUT2D eigenvalue weighted by Crippen LogP contribution is -2.34. The second-order valence-corrected chi connectivity index (χ2v) is 6.32.